The Balaban J connectivity index is 0.00000392. The monoisotopic (exact) mass is 524 g/mol. The van der Waals surface area contributed by atoms with Crippen LogP contribution >= 0.6 is 35.6 Å². The molecule has 0 saturated heterocycles. The molecule has 0 fully saturated rings. The second kappa shape index (κ2) is 11.5. The number of amides is 1. The second-order valence-corrected chi connectivity index (χ2v) is 7.68. The van der Waals surface area contributed by atoms with E-state index in [1.54, 1.807) is 0 Å². The van der Waals surface area contributed by atoms with E-state index in [1.165, 1.54) is 0 Å². The van der Waals surface area contributed by atoms with Gasteiger partial charge in [-0.2, -0.15) is 0 Å². The normalized spacial score (nSPS) is 13.4. The van der Waals surface area contributed by atoms with Crippen molar-refractivity contribution in [2.24, 2.45) is 4.99 Å². The number of hydrogen-bond donors (Lipinski definition) is 3. The van der Waals surface area contributed by atoms with E-state index >= 15 is 0 Å². The fourth-order valence-electron chi connectivity index (χ4n) is 2.58. The summed E-state index contributed by atoms with van der Waals surface area (Å²) in [5.41, 5.74) is 0.772. The van der Waals surface area contributed by atoms with Gasteiger partial charge in [0.25, 0.3) is 0 Å². The van der Waals surface area contributed by atoms with Gasteiger partial charge in [0.15, 0.2) is 17.5 Å². The number of benzene rings is 1. The Labute approximate surface area is 189 Å². The Morgan fingerprint density at radius 1 is 1.21 bits per heavy atom. The van der Waals surface area contributed by atoms with Crippen LogP contribution in [0.2, 0.25) is 5.02 Å². The molecule has 1 heterocycles. The fraction of sp³-hybridized carbons (Fsp3) is 0.579. The van der Waals surface area contributed by atoms with E-state index < -0.39 is 0 Å². The average Bonchev–Trinajstić information content (AvgIpc) is 2.58. The standard InChI is InChI=1S/C19H29ClN4O3.HI/c1-5-21-18(23-12-16(25)24-19(2,3)4)22-7-6-13-10-14(20)17-15(11-13)26-8-9-27-17;/h10-11H,5-9,12H2,1-4H3,(H,24,25)(H2,21,22,23);1H. The highest BCUT2D eigenvalue weighted by Crippen LogP contribution is 2.38. The minimum absolute atomic E-state index is 0. The topological polar surface area (TPSA) is 84.0 Å². The van der Waals surface area contributed by atoms with Crippen molar-refractivity contribution < 1.29 is 14.3 Å². The van der Waals surface area contributed by atoms with Crippen molar-refractivity contribution in [3.8, 4) is 11.5 Å². The van der Waals surface area contributed by atoms with Crippen molar-refractivity contribution in [3.05, 3.63) is 22.7 Å². The molecule has 0 aliphatic carbocycles. The molecule has 1 amide bonds. The molecule has 1 aromatic rings. The molecule has 0 spiro atoms. The van der Waals surface area contributed by atoms with Crippen LogP contribution in [-0.4, -0.2) is 50.3 Å². The van der Waals surface area contributed by atoms with Crippen molar-refractivity contribution in [1.82, 2.24) is 16.0 Å². The Morgan fingerprint density at radius 3 is 2.61 bits per heavy atom. The van der Waals surface area contributed by atoms with Crippen molar-refractivity contribution in [1.29, 1.82) is 0 Å². The number of nitrogens with zero attached hydrogens (tertiary/aromatic N) is 1. The summed E-state index contributed by atoms with van der Waals surface area (Å²) < 4.78 is 11.1. The van der Waals surface area contributed by atoms with Crippen LogP contribution in [0.25, 0.3) is 0 Å². The maximum Gasteiger partial charge on any atom is 0.242 e. The maximum absolute atomic E-state index is 11.9. The van der Waals surface area contributed by atoms with E-state index in [1.807, 2.05) is 39.8 Å². The largest absolute Gasteiger partial charge is 0.486 e. The SMILES string of the molecule is CCNC(=NCC(=O)NC(C)(C)C)NCCc1cc(Cl)c2c(c1)OCCO2.I. The number of hydrogen-bond acceptors (Lipinski definition) is 4. The van der Waals surface area contributed by atoms with E-state index in [0.29, 0.717) is 48.8 Å². The van der Waals surface area contributed by atoms with Gasteiger partial charge in [0, 0.05) is 18.6 Å². The van der Waals surface area contributed by atoms with Gasteiger partial charge in [-0.05, 0) is 51.8 Å². The fourth-order valence-corrected chi connectivity index (χ4v) is 2.87. The zero-order valence-corrected chi connectivity index (χ0v) is 19.9. The third-order valence-electron chi connectivity index (χ3n) is 3.60. The molecule has 0 unspecified atom stereocenters. The van der Waals surface area contributed by atoms with E-state index in [-0.39, 0.29) is 42.0 Å². The summed E-state index contributed by atoms with van der Waals surface area (Å²) in [6.07, 6.45) is 0.731. The van der Waals surface area contributed by atoms with Gasteiger partial charge in [-0.15, -0.1) is 24.0 Å². The average molecular weight is 525 g/mol. The number of rotatable bonds is 6. The van der Waals surface area contributed by atoms with Gasteiger partial charge in [0.2, 0.25) is 5.91 Å². The molecule has 2 rings (SSSR count). The summed E-state index contributed by atoms with van der Waals surface area (Å²) in [6.45, 7) is 10.3. The minimum Gasteiger partial charge on any atom is -0.486 e. The Bertz CT molecular complexity index is 692. The molecule has 1 aromatic carbocycles. The third-order valence-corrected chi connectivity index (χ3v) is 3.88. The van der Waals surface area contributed by atoms with Crippen LogP contribution in [0.5, 0.6) is 11.5 Å². The lowest BCUT2D eigenvalue weighted by Gasteiger charge is -2.20. The molecule has 1 aliphatic rings. The molecule has 9 heteroatoms. The predicted octanol–water partition coefficient (Wildman–Crippen LogP) is 2.74. The first-order chi connectivity index (χ1) is 12.8. The number of guanidine groups is 1. The van der Waals surface area contributed by atoms with Crippen LogP contribution in [0.15, 0.2) is 17.1 Å². The van der Waals surface area contributed by atoms with E-state index in [2.05, 4.69) is 20.9 Å². The first-order valence-corrected chi connectivity index (χ1v) is 9.57. The third kappa shape index (κ3) is 8.30. The van der Waals surface area contributed by atoms with Gasteiger partial charge < -0.3 is 25.4 Å². The van der Waals surface area contributed by atoms with Gasteiger partial charge >= 0.3 is 0 Å². The van der Waals surface area contributed by atoms with Crippen LogP contribution < -0.4 is 25.4 Å². The summed E-state index contributed by atoms with van der Waals surface area (Å²) in [4.78, 5) is 16.3. The first-order valence-electron chi connectivity index (χ1n) is 9.19. The minimum atomic E-state index is -0.268. The maximum atomic E-state index is 11.9. The lowest BCUT2D eigenvalue weighted by molar-refractivity contribution is -0.121. The molecular weight excluding hydrogens is 495 g/mol. The van der Waals surface area contributed by atoms with Crippen LogP contribution in [0, 0.1) is 0 Å². The Kier molecular flexibility index (Phi) is 10.2. The van der Waals surface area contributed by atoms with Gasteiger partial charge in [-0.1, -0.05) is 11.6 Å². The Morgan fingerprint density at radius 2 is 1.93 bits per heavy atom. The summed E-state index contributed by atoms with van der Waals surface area (Å²) in [6, 6.07) is 3.83. The lowest BCUT2D eigenvalue weighted by atomic mass is 10.1. The summed E-state index contributed by atoms with van der Waals surface area (Å²) in [5.74, 6) is 1.78. The number of carbonyl (C=O) groups is 1. The molecule has 158 valence electrons. The molecule has 0 radical (unpaired) electrons. The molecule has 1 aliphatic heterocycles. The molecule has 0 aromatic heterocycles. The van der Waals surface area contributed by atoms with Crippen molar-refractivity contribution in [2.75, 3.05) is 32.8 Å². The smallest absolute Gasteiger partial charge is 0.242 e. The zero-order chi connectivity index (χ0) is 19.9. The number of carbonyl (C=O) groups excluding carboxylic acids is 1. The second-order valence-electron chi connectivity index (χ2n) is 7.27. The number of halogens is 2. The highest BCUT2D eigenvalue weighted by atomic mass is 127. The van der Waals surface area contributed by atoms with Crippen molar-refractivity contribution in [3.63, 3.8) is 0 Å². The van der Waals surface area contributed by atoms with Crippen molar-refractivity contribution >= 4 is 47.4 Å². The molecular formula is C19H30ClIN4O3. The van der Waals surface area contributed by atoms with E-state index in [4.69, 9.17) is 21.1 Å². The molecule has 3 N–H and O–H groups in total. The quantitative estimate of drug-likeness (QED) is 0.303. The molecule has 28 heavy (non-hydrogen) atoms. The predicted molar refractivity (Wildman–Crippen MR) is 123 cm³/mol. The molecule has 0 atom stereocenters. The lowest BCUT2D eigenvalue weighted by Crippen LogP contribution is -2.43. The molecule has 0 bridgehead atoms. The van der Waals surface area contributed by atoms with Gasteiger partial charge in [0.05, 0.1) is 5.02 Å². The summed E-state index contributed by atoms with van der Waals surface area (Å²) >= 11 is 6.27. The zero-order valence-electron chi connectivity index (χ0n) is 16.9. The van der Waals surface area contributed by atoms with Gasteiger partial charge in [0.1, 0.15) is 19.8 Å². The highest BCUT2D eigenvalue weighted by Gasteiger charge is 2.16. The van der Waals surface area contributed by atoms with Gasteiger partial charge in [-0.3, -0.25) is 4.79 Å². The van der Waals surface area contributed by atoms with Crippen LogP contribution in [0.1, 0.15) is 33.3 Å². The summed E-state index contributed by atoms with van der Waals surface area (Å²) in [7, 11) is 0. The first kappa shape index (κ1) is 24.6. The van der Waals surface area contributed by atoms with Crippen LogP contribution in [-0.2, 0) is 11.2 Å². The number of ether oxygens (including phenoxy) is 2. The van der Waals surface area contributed by atoms with E-state index in [0.717, 1.165) is 12.0 Å². The highest BCUT2D eigenvalue weighted by molar-refractivity contribution is 14.0. The number of aliphatic imine (C=N–C) groups is 1. The van der Waals surface area contributed by atoms with E-state index in [9.17, 15) is 4.79 Å². The molecule has 7 nitrogen and oxygen atoms in total. The van der Waals surface area contributed by atoms with Crippen LogP contribution in [0.3, 0.4) is 0 Å². The Hall–Kier alpha value is -1.42. The summed E-state index contributed by atoms with van der Waals surface area (Å²) in [5, 5.41) is 9.82. The number of fused-ring (bicyclic) bond motifs is 1. The molecule has 0 saturated carbocycles. The van der Waals surface area contributed by atoms with Crippen LogP contribution in [0.4, 0.5) is 0 Å². The number of nitrogens with one attached hydrogen (secondary N) is 3. The van der Waals surface area contributed by atoms with Gasteiger partial charge in [-0.25, -0.2) is 4.99 Å². The van der Waals surface area contributed by atoms with Crippen molar-refractivity contribution in [2.45, 2.75) is 39.7 Å².